The van der Waals surface area contributed by atoms with E-state index in [1.807, 2.05) is 13.8 Å². The number of carbonyl (C=O) groups excluding carboxylic acids is 1. The van der Waals surface area contributed by atoms with Crippen LogP contribution in [-0.2, 0) is 10.5 Å². The van der Waals surface area contributed by atoms with Gasteiger partial charge in [0.2, 0.25) is 5.91 Å². The fourth-order valence-corrected chi connectivity index (χ4v) is 2.60. The zero-order valence-corrected chi connectivity index (χ0v) is 12.8. The number of nitrogens with one attached hydrogen (secondary N) is 1. The number of amides is 1. The molecule has 112 valence electrons. The molecule has 0 heterocycles. The minimum absolute atomic E-state index is 0.0129. The van der Waals surface area contributed by atoms with Gasteiger partial charge in [-0.15, -0.1) is 11.8 Å². The summed E-state index contributed by atoms with van der Waals surface area (Å²) in [5.74, 6) is 1.07. The van der Waals surface area contributed by atoms with E-state index in [1.165, 1.54) is 23.9 Å². The lowest BCUT2D eigenvalue weighted by Gasteiger charge is -2.21. The summed E-state index contributed by atoms with van der Waals surface area (Å²) in [6.07, 6.45) is 0.575. The monoisotopic (exact) mass is 299 g/mol. The van der Waals surface area contributed by atoms with Crippen LogP contribution in [0.3, 0.4) is 0 Å². The summed E-state index contributed by atoms with van der Waals surface area (Å²) in [5, 5.41) is 11.9. The molecule has 0 radical (unpaired) electrons. The Kier molecular flexibility index (Phi) is 7.62. The fourth-order valence-electron chi connectivity index (χ4n) is 1.80. The Morgan fingerprint density at radius 3 is 2.55 bits per heavy atom. The van der Waals surface area contributed by atoms with Crippen molar-refractivity contribution in [1.82, 2.24) is 5.32 Å². The minimum atomic E-state index is -0.250. The molecule has 1 rings (SSSR count). The highest BCUT2D eigenvalue weighted by atomic mass is 32.2. The lowest BCUT2D eigenvalue weighted by Crippen LogP contribution is -2.40. The molecule has 0 spiro atoms. The number of hydrogen-bond donors (Lipinski definition) is 2. The molecule has 0 aromatic heterocycles. The van der Waals surface area contributed by atoms with Crippen LogP contribution in [0.25, 0.3) is 0 Å². The van der Waals surface area contributed by atoms with Crippen molar-refractivity contribution in [3.05, 3.63) is 35.6 Å². The van der Waals surface area contributed by atoms with Crippen LogP contribution in [0, 0.1) is 11.7 Å². The zero-order chi connectivity index (χ0) is 15.0. The zero-order valence-electron chi connectivity index (χ0n) is 11.9. The Morgan fingerprint density at radius 1 is 1.35 bits per heavy atom. The Balaban J connectivity index is 2.30. The Morgan fingerprint density at radius 2 is 2.00 bits per heavy atom. The molecule has 0 saturated carbocycles. The van der Waals surface area contributed by atoms with Crippen molar-refractivity contribution in [3.8, 4) is 0 Å². The van der Waals surface area contributed by atoms with E-state index >= 15 is 0 Å². The van der Waals surface area contributed by atoms with Gasteiger partial charge in [-0.25, -0.2) is 4.39 Å². The highest BCUT2D eigenvalue weighted by Gasteiger charge is 2.15. The summed E-state index contributed by atoms with van der Waals surface area (Å²) in [6, 6.07) is 6.31. The molecule has 3 nitrogen and oxygen atoms in total. The predicted octanol–water partition coefficient (Wildman–Crippen LogP) is 2.58. The topological polar surface area (TPSA) is 49.3 Å². The van der Waals surface area contributed by atoms with E-state index in [9.17, 15) is 9.18 Å². The molecule has 0 fully saturated rings. The summed E-state index contributed by atoms with van der Waals surface area (Å²) in [7, 11) is 0. The lowest BCUT2D eigenvalue weighted by atomic mass is 10.0. The third kappa shape index (κ3) is 6.39. The Hall–Kier alpha value is -1.07. The van der Waals surface area contributed by atoms with Crippen LogP contribution in [0.15, 0.2) is 24.3 Å². The smallest absolute Gasteiger partial charge is 0.230 e. The van der Waals surface area contributed by atoms with Crippen molar-refractivity contribution in [1.29, 1.82) is 0 Å². The minimum Gasteiger partial charge on any atom is -0.396 e. The summed E-state index contributed by atoms with van der Waals surface area (Å²) >= 11 is 1.50. The lowest BCUT2D eigenvalue weighted by molar-refractivity contribution is -0.119. The number of aliphatic hydroxyl groups is 1. The molecule has 0 aliphatic carbocycles. The molecule has 0 bridgehead atoms. The molecule has 0 saturated heterocycles. The van der Waals surface area contributed by atoms with E-state index in [-0.39, 0.29) is 24.4 Å². The van der Waals surface area contributed by atoms with Crippen molar-refractivity contribution >= 4 is 17.7 Å². The normalized spacial score (nSPS) is 12.4. The van der Waals surface area contributed by atoms with Crippen LogP contribution in [0.1, 0.15) is 25.8 Å². The maximum atomic E-state index is 12.7. The van der Waals surface area contributed by atoms with E-state index in [0.717, 1.165) is 5.56 Å². The number of halogens is 1. The molecule has 5 heteroatoms. The first-order chi connectivity index (χ1) is 9.52. The number of carbonyl (C=O) groups is 1. The first kappa shape index (κ1) is 17.0. The van der Waals surface area contributed by atoms with E-state index in [2.05, 4.69) is 5.32 Å². The van der Waals surface area contributed by atoms with Gasteiger partial charge in [-0.1, -0.05) is 26.0 Å². The van der Waals surface area contributed by atoms with Gasteiger partial charge in [0.15, 0.2) is 0 Å². The van der Waals surface area contributed by atoms with Crippen LogP contribution in [-0.4, -0.2) is 29.4 Å². The number of benzene rings is 1. The first-order valence-corrected chi connectivity index (χ1v) is 7.90. The van der Waals surface area contributed by atoms with Crippen LogP contribution in [0.2, 0.25) is 0 Å². The van der Waals surface area contributed by atoms with E-state index in [0.29, 0.717) is 23.8 Å². The van der Waals surface area contributed by atoms with Gasteiger partial charge in [0.05, 0.1) is 5.75 Å². The summed E-state index contributed by atoms with van der Waals surface area (Å²) in [4.78, 5) is 11.8. The van der Waals surface area contributed by atoms with E-state index < -0.39 is 0 Å². The third-order valence-corrected chi connectivity index (χ3v) is 4.01. The van der Waals surface area contributed by atoms with E-state index in [4.69, 9.17) is 5.11 Å². The molecule has 0 aliphatic rings. The molecule has 2 N–H and O–H groups in total. The molecule has 1 aromatic rings. The highest BCUT2D eigenvalue weighted by molar-refractivity contribution is 7.99. The Labute approximate surface area is 124 Å². The van der Waals surface area contributed by atoms with Gasteiger partial charge in [-0.2, -0.15) is 0 Å². The van der Waals surface area contributed by atoms with Crippen molar-refractivity contribution < 1.29 is 14.3 Å². The first-order valence-electron chi connectivity index (χ1n) is 6.75. The molecule has 1 amide bonds. The number of hydrogen-bond acceptors (Lipinski definition) is 3. The molecular weight excluding hydrogens is 277 g/mol. The van der Waals surface area contributed by atoms with Gasteiger partial charge < -0.3 is 10.4 Å². The molecule has 1 unspecified atom stereocenters. The van der Waals surface area contributed by atoms with Crippen LogP contribution < -0.4 is 5.32 Å². The van der Waals surface area contributed by atoms with Gasteiger partial charge in [0, 0.05) is 18.4 Å². The number of aliphatic hydroxyl groups excluding tert-OH is 1. The maximum Gasteiger partial charge on any atom is 0.230 e. The van der Waals surface area contributed by atoms with Crippen molar-refractivity contribution in [3.63, 3.8) is 0 Å². The van der Waals surface area contributed by atoms with Crippen molar-refractivity contribution in [2.24, 2.45) is 5.92 Å². The van der Waals surface area contributed by atoms with Crippen LogP contribution >= 0.6 is 11.8 Å². The van der Waals surface area contributed by atoms with Crippen molar-refractivity contribution in [2.75, 3.05) is 12.4 Å². The predicted molar refractivity (Wildman–Crippen MR) is 81.0 cm³/mol. The Bertz CT molecular complexity index is 409. The van der Waals surface area contributed by atoms with Gasteiger partial charge in [-0.3, -0.25) is 4.79 Å². The van der Waals surface area contributed by atoms with Crippen LogP contribution in [0.5, 0.6) is 0 Å². The average Bonchev–Trinajstić information content (AvgIpc) is 2.40. The summed E-state index contributed by atoms with van der Waals surface area (Å²) in [6.45, 7) is 4.12. The third-order valence-electron chi connectivity index (χ3n) is 3.01. The second-order valence-electron chi connectivity index (χ2n) is 5.05. The van der Waals surface area contributed by atoms with Crippen LogP contribution in [0.4, 0.5) is 4.39 Å². The second-order valence-corrected chi connectivity index (χ2v) is 6.04. The number of thioether (sulfide) groups is 1. The summed E-state index contributed by atoms with van der Waals surface area (Å²) in [5.41, 5.74) is 1.000. The quantitative estimate of drug-likeness (QED) is 0.775. The maximum absolute atomic E-state index is 12.7. The van der Waals surface area contributed by atoms with Gasteiger partial charge in [0.1, 0.15) is 5.82 Å². The highest BCUT2D eigenvalue weighted by Crippen LogP contribution is 2.13. The SMILES string of the molecule is CC(C)C(CCO)NC(=O)CSCc1ccc(F)cc1. The van der Waals surface area contributed by atoms with Crippen molar-refractivity contribution in [2.45, 2.75) is 32.1 Å². The molecule has 1 atom stereocenters. The molecular formula is C15H22FNO2S. The van der Waals surface area contributed by atoms with Gasteiger partial charge in [-0.05, 0) is 30.0 Å². The largest absolute Gasteiger partial charge is 0.396 e. The fraction of sp³-hybridized carbons (Fsp3) is 0.533. The molecule has 1 aromatic carbocycles. The molecule has 0 aliphatic heterocycles. The second kappa shape index (κ2) is 8.97. The number of rotatable bonds is 8. The standard InChI is InChI=1S/C15H22FNO2S/c1-11(2)14(7-8-18)17-15(19)10-20-9-12-3-5-13(16)6-4-12/h3-6,11,14,18H,7-10H2,1-2H3,(H,17,19). The average molecular weight is 299 g/mol. The van der Waals surface area contributed by atoms with Gasteiger partial charge >= 0.3 is 0 Å². The summed E-state index contributed by atoms with van der Waals surface area (Å²) < 4.78 is 12.7. The molecule has 20 heavy (non-hydrogen) atoms. The van der Waals surface area contributed by atoms with E-state index in [1.54, 1.807) is 12.1 Å². The van der Waals surface area contributed by atoms with Gasteiger partial charge in [0.25, 0.3) is 0 Å².